The number of hydrogen-bond acceptors (Lipinski definition) is 6. The lowest BCUT2D eigenvalue weighted by Gasteiger charge is -2.57. The van der Waals surface area contributed by atoms with Crippen LogP contribution in [-0.2, 0) is 20.0 Å². The zero-order valence-corrected chi connectivity index (χ0v) is 19.6. The van der Waals surface area contributed by atoms with Crippen molar-refractivity contribution in [2.45, 2.75) is 70.0 Å². The molecule has 1 aromatic carbocycles. The molecule has 0 aromatic heterocycles. The Morgan fingerprint density at radius 1 is 1.27 bits per heavy atom. The Morgan fingerprint density at radius 2 is 1.97 bits per heavy atom. The van der Waals surface area contributed by atoms with E-state index >= 15 is 8.78 Å². The van der Waals surface area contributed by atoms with Crippen LogP contribution in [0.5, 0.6) is 5.75 Å². The van der Waals surface area contributed by atoms with Gasteiger partial charge in [-0.2, -0.15) is 0 Å². The Balaban J connectivity index is 1.87. The predicted octanol–water partition coefficient (Wildman–Crippen LogP) is 4.89. The number of carbonyl (C=O) groups is 2. The van der Waals surface area contributed by atoms with Crippen molar-refractivity contribution in [1.82, 2.24) is 0 Å². The Hall–Kier alpha value is -1.74. The third-order valence-corrected chi connectivity index (χ3v) is 9.07. The van der Waals surface area contributed by atoms with Gasteiger partial charge in [-0.25, -0.2) is 13.2 Å². The lowest BCUT2D eigenvalue weighted by molar-refractivity contribution is -0.213. The molecule has 9 heteroatoms. The summed E-state index contributed by atoms with van der Waals surface area (Å²) in [5.74, 6) is -3.01. The second kappa shape index (κ2) is 8.18. The van der Waals surface area contributed by atoms with E-state index in [4.69, 9.17) is 4.74 Å². The molecule has 8 atom stereocenters. The molecule has 5 nitrogen and oxygen atoms in total. The number of rotatable bonds is 4. The van der Waals surface area contributed by atoms with Gasteiger partial charge < -0.3 is 14.9 Å². The van der Waals surface area contributed by atoms with Gasteiger partial charge in [0.15, 0.2) is 11.3 Å². The number of aliphatic hydroxyl groups is 1. The largest absolute Gasteiger partial charge is 0.508 e. The van der Waals surface area contributed by atoms with Crippen LogP contribution in [0.3, 0.4) is 0 Å². The van der Waals surface area contributed by atoms with Gasteiger partial charge in [-0.05, 0) is 60.2 Å². The molecule has 0 bridgehead atoms. The summed E-state index contributed by atoms with van der Waals surface area (Å²) in [7, 11) is 0. The fraction of sp³-hybridized carbons (Fsp3) is 0.667. The molecule has 0 amide bonds. The minimum atomic E-state index is -2.29. The van der Waals surface area contributed by atoms with Gasteiger partial charge in [0, 0.05) is 23.7 Å². The number of phenolic OH excluding ortho intramolecular Hbond substituents is 1. The van der Waals surface area contributed by atoms with Gasteiger partial charge in [0.2, 0.25) is 5.12 Å². The van der Waals surface area contributed by atoms with E-state index < -0.39 is 63.8 Å². The number of alkyl halides is 3. The number of thioether (sulfide) groups is 1. The smallest absolute Gasteiger partial charge is 0.306 e. The maximum absolute atomic E-state index is 16.8. The molecule has 2 unspecified atom stereocenters. The molecule has 0 spiro atoms. The molecular weight excluding hydrogens is 457 g/mol. The highest BCUT2D eigenvalue weighted by Gasteiger charge is 2.75. The van der Waals surface area contributed by atoms with E-state index in [0.29, 0.717) is 11.8 Å². The van der Waals surface area contributed by atoms with Gasteiger partial charge in [0.1, 0.15) is 17.9 Å². The molecule has 4 rings (SSSR count). The molecule has 0 saturated heterocycles. The molecule has 182 valence electrons. The highest BCUT2D eigenvalue weighted by molar-refractivity contribution is 8.13. The van der Waals surface area contributed by atoms with Crippen molar-refractivity contribution in [2.75, 3.05) is 6.01 Å². The number of ether oxygens (including phenoxy) is 1. The maximum Gasteiger partial charge on any atom is 0.306 e. The normalized spacial score (nSPS) is 41.6. The van der Waals surface area contributed by atoms with E-state index in [1.54, 1.807) is 20.8 Å². The molecular formula is C24H29F3O5S. The molecule has 3 aliphatic rings. The van der Waals surface area contributed by atoms with E-state index in [9.17, 15) is 24.2 Å². The topological polar surface area (TPSA) is 83.8 Å². The minimum absolute atomic E-state index is 0.00114. The lowest BCUT2D eigenvalue weighted by Crippen LogP contribution is -2.64. The molecule has 3 aliphatic carbocycles. The van der Waals surface area contributed by atoms with Crippen molar-refractivity contribution < 1.29 is 37.7 Å². The second-order valence-electron chi connectivity index (χ2n) is 9.83. The molecule has 0 radical (unpaired) electrons. The molecule has 1 aromatic rings. The molecule has 0 heterocycles. The van der Waals surface area contributed by atoms with Crippen LogP contribution >= 0.6 is 11.8 Å². The fourth-order valence-electron chi connectivity index (χ4n) is 6.97. The van der Waals surface area contributed by atoms with Gasteiger partial charge >= 0.3 is 5.97 Å². The van der Waals surface area contributed by atoms with Crippen molar-refractivity contribution in [3.63, 3.8) is 0 Å². The highest BCUT2D eigenvalue weighted by Crippen LogP contribution is 2.70. The number of benzene rings is 1. The third-order valence-electron chi connectivity index (χ3n) is 8.39. The number of carbonyl (C=O) groups excluding carboxylic acids is 2. The van der Waals surface area contributed by atoms with Crippen molar-refractivity contribution >= 4 is 22.8 Å². The first-order chi connectivity index (χ1) is 15.5. The van der Waals surface area contributed by atoms with E-state index in [2.05, 4.69) is 0 Å². The van der Waals surface area contributed by atoms with Crippen LogP contribution in [0.25, 0.3) is 0 Å². The molecule has 2 N–H and O–H groups in total. The van der Waals surface area contributed by atoms with Crippen molar-refractivity contribution in [2.24, 2.45) is 23.2 Å². The first-order valence-electron chi connectivity index (χ1n) is 11.3. The summed E-state index contributed by atoms with van der Waals surface area (Å²) in [4.78, 5) is 25.7. The highest BCUT2D eigenvalue weighted by atomic mass is 32.2. The molecule has 0 aliphatic heterocycles. The van der Waals surface area contributed by atoms with Crippen LogP contribution in [0.15, 0.2) is 18.2 Å². The van der Waals surface area contributed by atoms with Gasteiger partial charge in [-0.15, -0.1) is 0 Å². The van der Waals surface area contributed by atoms with E-state index in [1.807, 2.05) is 0 Å². The zero-order valence-electron chi connectivity index (χ0n) is 18.8. The SMILES string of the molecule is CCC(=O)O[C@]1(C(=O)SCF)[C@H](C)CC2C3C[C@H](F)c4cc(O)ccc4[C@@]3(F)[C@@H](O)C[C@@]21C. The number of fused-ring (bicyclic) bond motifs is 5. The number of aromatic hydroxyl groups is 1. The van der Waals surface area contributed by atoms with Crippen molar-refractivity contribution in [3.05, 3.63) is 29.3 Å². The first-order valence-corrected chi connectivity index (χ1v) is 12.2. The summed E-state index contributed by atoms with van der Waals surface area (Å²) in [6, 6.07) is 2.74. The van der Waals surface area contributed by atoms with E-state index in [0.717, 1.165) is 0 Å². The van der Waals surface area contributed by atoms with Crippen LogP contribution in [0.1, 0.15) is 63.8 Å². The van der Waals surface area contributed by atoms with Crippen LogP contribution in [0.2, 0.25) is 0 Å². The van der Waals surface area contributed by atoms with Crippen LogP contribution in [0.4, 0.5) is 13.2 Å². The van der Waals surface area contributed by atoms with Crippen molar-refractivity contribution in [1.29, 1.82) is 0 Å². The Bertz CT molecular complexity index is 975. The minimum Gasteiger partial charge on any atom is -0.508 e. The second-order valence-corrected chi connectivity index (χ2v) is 10.7. The average Bonchev–Trinajstić information content (AvgIpc) is 2.97. The number of aliphatic hydroxyl groups excluding tert-OH is 1. The van der Waals surface area contributed by atoms with E-state index in [-0.39, 0.29) is 42.6 Å². The number of esters is 1. The van der Waals surface area contributed by atoms with Gasteiger partial charge in [-0.1, -0.05) is 26.8 Å². The van der Waals surface area contributed by atoms with Crippen LogP contribution in [-0.4, -0.2) is 39.0 Å². The Kier molecular flexibility index (Phi) is 6.05. The summed E-state index contributed by atoms with van der Waals surface area (Å²) < 4.78 is 51.1. The van der Waals surface area contributed by atoms with E-state index in [1.165, 1.54) is 18.2 Å². The lowest BCUT2D eigenvalue weighted by atomic mass is 9.50. The Morgan fingerprint density at radius 3 is 2.61 bits per heavy atom. The predicted molar refractivity (Wildman–Crippen MR) is 117 cm³/mol. The number of phenols is 1. The van der Waals surface area contributed by atoms with Crippen LogP contribution < -0.4 is 0 Å². The molecule has 2 fully saturated rings. The van der Waals surface area contributed by atoms with Gasteiger partial charge in [-0.3, -0.25) is 9.59 Å². The van der Waals surface area contributed by atoms with Gasteiger partial charge in [0.25, 0.3) is 0 Å². The number of hydrogen-bond donors (Lipinski definition) is 2. The van der Waals surface area contributed by atoms with Crippen molar-refractivity contribution in [3.8, 4) is 5.75 Å². The monoisotopic (exact) mass is 486 g/mol. The quantitative estimate of drug-likeness (QED) is 0.590. The number of halogens is 3. The summed E-state index contributed by atoms with van der Waals surface area (Å²) in [5.41, 5.74) is -5.26. The zero-order chi connectivity index (χ0) is 24.3. The average molecular weight is 487 g/mol. The third kappa shape index (κ3) is 3.17. The fourth-order valence-corrected chi connectivity index (χ4v) is 7.76. The summed E-state index contributed by atoms with van der Waals surface area (Å²) >= 11 is 0.398. The Labute approximate surface area is 195 Å². The first kappa shape index (κ1) is 24.4. The maximum atomic E-state index is 16.8. The standard InChI is InChI=1S/C24H29F3O5S/c1-4-20(30)32-24(21(31)33-11-25)12(2)7-16-17-9-18(26)14-8-13(28)5-6-15(14)23(17,27)19(29)10-22(16,24)3/h5-6,8,12,16-19,28-29H,4,7,9-11H2,1-3H3/t12-,16?,17?,18+,19+,22+,23+,24+/m1/s1. The summed E-state index contributed by atoms with van der Waals surface area (Å²) in [6.45, 7) is 4.95. The van der Waals surface area contributed by atoms with Gasteiger partial charge in [0.05, 0.1) is 6.10 Å². The van der Waals surface area contributed by atoms with Crippen LogP contribution in [0, 0.1) is 23.2 Å². The molecule has 2 saturated carbocycles. The summed E-state index contributed by atoms with van der Waals surface area (Å²) in [6.07, 6.45) is -3.41. The summed E-state index contributed by atoms with van der Waals surface area (Å²) in [5, 5.41) is 20.3. The molecule has 33 heavy (non-hydrogen) atoms.